The molecule has 2 aromatic heterocycles. The number of thioether (sulfide) groups is 1. The van der Waals surface area contributed by atoms with E-state index >= 15 is 0 Å². The molecule has 2 aliphatic heterocycles. The molecule has 3 atom stereocenters. The summed E-state index contributed by atoms with van der Waals surface area (Å²) in [6.45, 7) is 11.6. The van der Waals surface area contributed by atoms with Crippen LogP contribution in [-0.4, -0.2) is 79.0 Å². The zero-order chi connectivity index (χ0) is 35.1. The maximum atomic E-state index is 13.5. The Morgan fingerprint density at radius 2 is 1.61 bits per heavy atom. The number of urea groups is 1. The van der Waals surface area contributed by atoms with E-state index in [1.807, 2.05) is 86.3 Å². The van der Waals surface area contributed by atoms with Gasteiger partial charge in [0, 0.05) is 43.2 Å². The van der Waals surface area contributed by atoms with Crippen LogP contribution in [0.5, 0.6) is 0 Å². The summed E-state index contributed by atoms with van der Waals surface area (Å²) >= 11 is 6.69. The number of nitrogens with zero attached hydrogens (tertiary/aromatic N) is 5. The monoisotopic (exact) mass is 697 g/mol. The number of H-pyrrole nitrogens is 2. The van der Waals surface area contributed by atoms with Crippen molar-refractivity contribution in [3.8, 4) is 23.1 Å². The molecule has 258 valence electrons. The first-order valence-electron chi connectivity index (χ1n) is 17.2. The van der Waals surface area contributed by atoms with Gasteiger partial charge in [0.05, 0.1) is 22.9 Å². The number of carbonyl (C=O) groups excluding carboxylic acids is 2. The standard InChI is InChI=1S/C38H47N7O2S2/c1-24(2)26(5)33(46)44-20-9-19-38(44,49-7)35-40-30-17-14-28(22-31(30)41-35)11-10-27-12-15-29(16-13-27)32-23-39-34(42-32)37(48)18-8-21-45(37)36(47)43(6)25(3)4/h12-17,22-26,48H,8-9,18-21H2,1-7H3,(H,39,42)(H,40,41). The summed E-state index contributed by atoms with van der Waals surface area (Å²) in [5.74, 6) is 8.55. The number of fused-ring (bicyclic) bond motifs is 1. The number of rotatable bonds is 7. The van der Waals surface area contributed by atoms with Crippen molar-refractivity contribution in [2.24, 2.45) is 11.8 Å². The highest BCUT2D eigenvalue weighted by atomic mass is 32.2. The molecule has 0 spiro atoms. The molecule has 2 fully saturated rings. The number of likely N-dealkylation sites (tertiary alicyclic amines) is 2. The smallest absolute Gasteiger partial charge is 0.321 e. The number of carbonyl (C=O) groups is 2. The van der Waals surface area contributed by atoms with Gasteiger partial charge in [-0.15, -0.1) is 24.4 Å². The van der Waals surface area contributed by atoms with Crippen LogP contribution in [0.25, 0.3) is 22.3 Å². The van der Waals surface area contributed by atoms with Gasteiger partial charge in [-0.25, -0.2) is 14.8 Å². The Hall–Kier alpha value is -3.88. The number of hydrogen-bond acceptors (Lipinski definition) is 6. The Morgan fingerprint density at radius 1 is 0.939 bits per heavy atom. The first-order valence-corrected chi connectivity index (χ1v) is 18.9. The quantitative estimate of drug-likeness (QED) is 0.138. The molecule has 3 amide bonds. The summed E-state index contributed by atoms with van der Waals surface area (Å²) in [5, 5.41) is 0. The number of nitrogens with one attached hydrogen (secondary N) is 2. The minimum Gasteiger partial charge on any atom is -0.339 e. The van der Waals surface area contributed by atoms with Crippen molar-refractivity contribution in [3.63, 3.8) is 0 Å². The lowest BCUT2D eigenvalue weighted by Crippen LogP contribution is -2.49. The topological polar surface area (TPSA) is 101 Å². The molecule has 2 aromatic carbocycles. The fourth-order valence-corrected chi connectivity index (χ4v) is 8.20. The number of aromatic amines is 2. The van der Waals surface area contributed by atoms with Gasteiger partial charge >= 0.3 is 6.03 Å². The molecule has 0 saturated carbocycles. The van der Waals surface area contributed by atoms with E-state index in [9.17, 15) is 9.59 Å². The molecule has 0 radical (unpaired) electrons. The zero-order valence-electron chi connectivity index (χ0n) is 29.5. The molecule has 4 heterocycles. The van der Waals surface area contributed by atoms with E-state index < -0.39 is 9.74 Å². The van der Waals surface area contributed by atoms with Crippen LogP contribution in [0.15, 0.2) is 48.7 Å². The van der Waals surface area contributed by atoms with Crippen LogP contribution in [0.4, 0.5) is 4.79 Å². The molecule has 11 heteroatoms. The van der Waals surface area contributed by atoms with Gasteiger partial charge in [-0.1, -0.05) is 44.7 Å². The van der Waals surface area contributed by atoms with Gasteiger partial charge < -0.3 is 24.7 Å². The van der Waals surface area contributed by atoms with E-state index in [-0.39, 0.29) is 29.8 Å². The van der Waals surface area contributed by atoms with Crippen LogP contribution >= 0.6 is 24.4 Å². The fraction of sp³-hybridized carbons (Fsp3) is 0.474. The molecule has 0 bridgehead atoms. The minimum absolute atomic E-state index is 0.0388. The Labute approximate surface area is 299 Å². The second-order valence-electron chi connectivity index (χ2n) is 14.0. The van der Waals surface area contributed by atoms with Crippen molar-refractivity contribution in [1.82, 2.24) is 34.6 Å². The Bertz CT molecular complexity index is 1910. The highest BCUT2D eigenvalue weighted by Gasteiger charge is 2.48. The summed E-state index contributed by atoms with van der Waals surface area (Å²) in [4.78, 5) is 47.7. The summed E-state index contributed by atoms with van der Waals surface area (Å²) in [6.07, 6.45) is 7.31. The van der Waals surface area contributed by atoms with Gasteiger partial charge in [-0.2, -0.15) is 0 Å². The third-order valence-electron chi connectivity index (χ3n) is 10.3. The number of imidazole rings is 2. The van der Waals surface area contributed by atoms with Crippen molar-refractivity contribution < 1.29 is 9.59 Å². The van der Waals surface area contributed by atoms with Gasteiger partial charge in [-0.05, 0) is 87.6 Å². The maximum Gasteiger partial charge on any atom is 0.321 e. The Balaban J connectivity index is 1.18. The number of benzene rings is 2. The molecule has 2 aliphatic rings. The second-order valence-corrected chi connectivity index (χ2v) is 15.8. The molecule has 4 aromatic rings. The molecular weight excluding hydrogens is 651 g/mol. The lowest BCUT2D eigenvalue weighted by atomic mass is 9.96. The van der Waals surface area contributed by atoms with Crippen molar-refractivity contribution in [3.05, 3.63) is 71.4 Å². The van der Waals surface area contributed by atoms with Crippen molar-refractivity contribution in [2.45, 2.75) is 76.1 Å². The lowest BCUT2D eigenvalue weighted by Gasteiger charge is -2.37. The zero-order valence-corrected chi connectivity index (χ0v) is 31.2. The van der Waals surface area contributed by atoms with Gasteiger partial charge in [0.2, 0.25) is 5.91 Å². The van der Waals surface area contributed by atoms with Crippen LogP contribution in [-0.2, 0) is 14.5 Å². The normalized spacial score (nSPS) is 21.4. The summed E-state index contributed by atoms with van der Waals surface area (Å²) in [5.41, 5.74) is 5.40. The van der Waals surface area contributed by atoms with E-state index in [0.717, 1.165) is 71.5 Å². The lowest BCUT2D eigenvalue weighted by molar-refractivity contribution is -0.138. The molecule has 2 saturated heterocycles. The van der Waals surface area contributed by atoms with E-state index in [1.54, 1.807) is 16.7 Å². The summed E-state index contributed by atoms with van der Waals surface area (Å²) < 4.78 is 0. The molecule has 3 unspecified atom stereocenters. The average Bonchev–Trinajstić information content (AvgIpc) is 3.91. The minimum atomic E-state index is -0.781. The maximum absolute atomic E-state index is 13.5. The summed E-state index contributed by atoms with van der Waals surface area (Å²) in [6, 6.07) is 14.1. The van der Waals surface area contributed by atoms with Crippen LogP contribution in [0.2, 0.25) is 0 Å². The van der Waals surface area contributed by atoms with Crippen molar-refractivity contribution in [2.75, 3.05) is 26.4 Å². The number of thiol groups is 1. The van der Waals surface area contributed by atoms with Gasteiger partial charge in [0.15, 0.2) is 0 Å². The first-order chi connectivity index (χ1) is 23.4. The molecule has 0 aliphatic carbocycles. The predicted molar refractivity (Wildman–Crippen MR) is 201 cm³/mol. The second kappa shape index (κ2) is 13.8. The van der Waals surface area contributed by atoms with Crippen LogP contribution in [0, 0.1) is 23.7 Å². The fourth-order valence-electron chi connectivity index (χ4n) is 6.70. The Morgan fingerprint density at radius 3 is 2.31 bits per heavy atom. The largest absolute Gasteiger partial charge is 0.339 e. The van der Waals surface area contributed by atoms with Gasteiger partial charge in [-0.3, -0.25) is 4.79 Å². The van der Waals surface area contributed by atoms with E-state index in [4.69, 9.17) is 17.6 Å². The average molecular weight is 698 g/mol. The van der Waals surface area contributed by atoms with Gasteiger partial charge in [0.25, 0.3) is 0 Å². The molecule has 49 heavy (non-hydrogen) atoms. The summed E-state index contributed by atoms with van der Waals surface area (Å²) in [7, 11) is 1.83. The highest BCUT2D eigenvalue weighted by Crippen LogP contribution is 2.47. The molecule has 2 N–H and O–H groups in total. The van der Waals surface area contributed by atoms with Crippen molar-refractivity contribution >= 4 is 47.4 Å². The third-order valence-corrected chi connectivity index (χ3v) is 12.3. The third kappa shape index (κ3) is 6.45. The van der Waals surface area contributed by atoms with Gasteiger partial charge in [0.1, 0.15) is 21.4 Å². The van der Waals surface area contributed by atoms with E-state index in [0.29, 0.717) is 12.4 Å². The first kappa shape index (κ1) is 35.0. The molecular formula is C38H47N7O2S2. The molecule has 6 rings (SSSR count). The highest BCUT2D eigenvalue weighted by molar-refractivity contribution is 7.99. The SMILES string of the molecule is CSC1(c2nc3ccc(C#Cc4ccc(-c5cnc(C6(S)CCCN6C(=O)N(C)C(C)C)[nH]5)cc4)cc3[nH]2)CCCN1C(=O)C(C)C(C)C. The number of aromatic nitrogens is 4. The molecule has 9 nitrogen and oxygen atoms in total. The van der Waals surface area contributed by atoms with E-state index in [1.165, 1.54) is 0 Å². The van der Waals surface area contributed by atoms with Crippen molar-refractivity contribution in [1.29, 1.82) is 0 Å². The van der Waals surface area contributed by atoms with E-state index in [2.05, 4.69) is 46.9 Å². The number of hydrogen-bond donors (Lipinski definition) is 3. The van der Waals surface area contributed by atoms with Crippen LogP contribution < -0.4 is 0 Å². The predicted octanol–water partition coefficient (Wildman–Crippen LogP) is 7.42. The van der Waals surface area contributed by atoms with Crippen LogP contribution in [0.1, 0.15) is 83.1 Å². The van der Waals surface area contributed by atoms with Crippen LogP contribution in [0.3, 0.4) is 0 Å². The number of amides is 3. The Kier molecular flexibility index (Phi) is 9.84.